The first kappa shape index (κ1) is 30.9. The van der Waals surface area contributed by atoms with Crippen LogP contribution in [-0.4, -0.2) is 76.4 Å². The summed E-state index contributed by atoms with van der Waals surface area (Å²) in [4.78, 5) is 41.5. The highest BCUT2D eigenvalue weighted by atomic mass is 19.4. The third-order valence-corrected chi connectivity index (χ3v) is 7.98. The van der Waals surface area contributed by atoms with Gasteiger partial charge in [0, 0.05) is 44.4 Å². The highest BCUT2D eigenvalue weighted by molar-refractivity contribution is 5.96. The van der Waals surface area contributed by atoms with E-state index in [0.29, 0.717) is 29.8 Å². The summed E-state index contributed by atoms with van der Waals surface area (Å²) >= 11 is 0. The van der Waals surface area contributed by atoms with E-state index in [4.69, 9.17) is 4.74 Å². The summed E-state index contributed by atoms with van der Waals surface area (Å²) in [7, 11) is 0. The Hall–Kier alpha value is -4.55. The molecule has 44 heavy (non-hydrogen) atoms. The maximum Gasteiger partial charge on any atom is 0.416 e. The van der Waals surface area contributed by atoms with Gasteiger partial charge in [-0.2, -0.15) is 18.3 Å². The summed E-state index contributed by atoms with van der Waals surface area (Å²) in [6, 6.07) is 14.5. The topological polar surface area (TPSA) is 117 Å². The molecule has 2 N–H and O–H groups in total. The van der Waals surface area contributed by atoms with E-state index in [1.165, 1.54) is 21.7 Å². The van der Waals surface area contributed by atoms with Gasteiger partial charge in [-0.1, -0.05) is 30.7 Å². The average Bonchev–Trinajstić information content (AvgIpc) is 3.42. The van der Waals surface area contributed by atoms with Gasteiger partial charge in [-0.25, -0.2) is 4.68 Å². The van der Waals surface area contributed by atoms with Crippen molar-refractivity contribution in [3.8, 4) is 11.6 Å². The number of nitrogens with one attached hydrogen (secondary N) is 1. The SMILES string of the molecule is O=C(O)CCC(NC(=O)c1cc(OCC2CCC2)n(-c2ccccc2)n1)C(=O)N1CCN(c2cccc(C(F)(F)F)c2)CC1. The number of halogens is 3. The molecule has 1 aromatic heterocycles. The van der Waals surface area contributed by atoms with E-state index in [1.54, 1.807) is 11.0 Å². The first-order valence-corrected chi connectivity index (χ1v) is 14.6. The Bertz CT molecular complexity index is 1470. The molecule has 10 nitrogen and oxygen atoms in total. The lowest BCUT2D eigenvalue weighted by atomic mass is 9.86. The van der Waals surface area contributed by atoms with Gasteiger partial charge in [0.25, 0.3) is 5.91 Å². The summed E-state index contributed by atoms with van der Waals surface area (Å²) in [5.74, 6) is -1.41. The summed E-state index contributed by atoms with van der Waals surface area (Å²) in [5, 5.41) is 16.4. The fourth-order valence-electron chi connectivity index (χ4n) is 5.24. The molecule has 2 amide bonds. The van der Waals surface area contributed by atoms with Crippen LogP contribution in [0.1, 0.15) is 48.2 Å². The van der Waals surface area contributed by atoms with Crippen molar-refractivity contribution in [1.82, 2.24) is 20.0 Å². The van der Waals surface area contributed by atoms with Crippen LogP contribution < -0.4 is 15.0 Å². The van der Waals surface area contributed by atoms with Crippen LogP contribution in [0.5, 0.6) is 5.88 Å². The van der Waals surface area contributed by atoms with Crippen molar-refractivity contribution in [3.63, 3.8) is 0 Å². The largest absolute Gasteiger partial charge is 0.481 e. The van der Waals surface area contributed by atoms with Crippen LogP contribution >= 0.6 is 0 Å². The minimum atomic E-state index is -4.47. The van der Waals surface area contributed by atoms with E-state index in [2.05, 4.69) is 10.4 Å². The molecule has 2 aromatic carbocycles. The molecule has 1 atom stereocenters. The molecule has 0 bridgehead atoms. The van der Waals surface area contributed by atoms with Gasteiger partial charge in [0.1, 0.15) is 6.04 Å². The number of benzene rings is 2. The first-order valence-electron chi connectivity index (χ1n) is 14.6. The molecular formula is C31H34F3N5O5. The second-order valence-electron chi connectivity index (χ2n) is 11.0. The maximum atomic E-state index is 13.5. The number of hydrogen-bond donors (Lipinski definition) is 2. The number of alkyl halides is 3. The smallest absolute Gasteiger partial charge is 0.416 e. The number of para-hydroxylation sites is 1. The Morgan fingerprint density at radius 3 is 2.32 bits per heavy atom. The number of aromatic nitrogens is 2. The van der Waals surface area contributed by atoms with Gasteiger partial charge >= 0.3 is 12.1 Å². The van der Waals surface area contributed by atoms with E-state index < -0.39 is 35.6 Å². The Balaban J connectivity index is 1.27. The molecule has 2 aliphatic rings. The van der Waals surface area contributed by atoms with Crippen LogP contribution in [0.3, 0.4) is 0 Å². The maximum absolute atomic E-state index is 13.5. The molecule has 2 heterocycles. The number of rotatable bonds is 11. The van der Waals surface area contributed by atoms with Gasteiger partial charge in [0.2, 0.25) is 11.8 Å². The molecule has 234 valence electrons. The molecule has 1 aliphatic heterocycles. The molecule has 3 aromatic rings. The number of carboxylic acids is 1. The fraction of sp³-hybridized carbons (Fsp3) is 0.419. The minimum Gasteiger partial charge on any atom is -0.481 e. The number of hydrogen-bond acceptors (Lipinski definition) is 6. The van der Waals surface area contributed by atoms with E-state index in [-0.39, 0.29) is 44.7 Å². The normalized spacial score (nSPS) is 16.2. The lowest BCUT2D eigenvalue weighted by Gasteiger charge is -2.37. The van der Waals surface area contributed by atoms with Crippen molar-refractivity contribution in [2.45, 2.75) is 44.3 Å². The van der Waals surface area contributed by atoms with Gasteiger partial charge in [-0.3, -0.25) is 14.4 Å². The predicted molar refractivity (Wildman–Crippen MR) is 155 cm³/mol. The third-order valence-electron chi connectivity index (χ3n) is 7.98. The van der Waals surface area contributed by atoms with Crippen molar-refractivity contribution in [3.05, 3.63) is 71.9 Å². The molecule has 0 radical (unpaired) electrons. The van der Waals surface area contributed by atoms with Crippen LogP contribution in [0.15, 0.2) is 60.7 Å². The Morgan fingerprint density at radius 1 is 0.977 bits per heavy atom. The van der Waals surface area contributed by atoms with Crippen LogP contribution in [0.2, 0.25) is 0 Å². The number of anilines is 1. The van der Waals surface area contributed by atoms with Gasteiger partial charge in [-0.15, -0.1) is 0 Å². The molecule has 1 aliphatic carbocycles. The number of piperazine rings is 1. The van der Waals surface area contributed by atoms with E-state index in [0.717, 1.165) is 31.4 Å². The summed E-state index contributed by atoms with van der Waals surface area (Å²) in [5.41, 5.74) is 0.343. The van der Waals surface area contributed by atoms with Crippen molar-refractivity contribution in [2.24, 2.45) is 5.92 Å². The fourth-order valence-corrected chi connectivity index (χ4v) is 5.24. The molecule has 1 saturated heterocycles. The molecule has 0 spiro atoms. The number of nitrogens with zero attached hydrogens (tertiary/aromatic N) is 4. The van der Waals surface area contributed by atoms with Crippen molar-refractivity contribution < 1.29 is 37.4 Å². The predicted octanol–water partition coefficient (Wildman–Crippen LogP) is 4.38. The summed E-state index contributed by atoms with van der Waals surface area (Å²) < 4.78 is 47.1. The number of aliphatic carboxylic acids is 1. The second kappa shape index (κ2) is 13.4. The van der Waals surface area contributed by atoms with Crippen molar-refractivity contribution >= 4 is 23.5 Å². The quantitative estimate of drug-likeness (QED) is 0.330. The molecule has 2 fully saturated rings. The first-order chi connectivity index (χ1) is 21.1. The highest BCUT2D eigenvalue weighted by Gasteiger charge is 2.33. The molecular weight excluding hydrogens is 579 g/mol. The zero-order valence-corrected chi connectivity index (χ0v) is 24.0. The number of ether oxygens (including phenoxy) is 1. The third kappa shape index (κ3) is 7.50. The van der Waals surface area contributed by atoms with Crippen LogP contribution in [0.4, 0.5) is 18.9 Å². The monoisotopic (exact) mass is 613 g/mol. The minimum absolute atomic E-state index is 0.0138. The van der Waals surface area contributed by atoms with Crippen LogP contribution in [0, 0.1) is 5.92 Å². The number of carboxylic acid groups (broad SMARTS) is 1. The van der Waals surface area contributed by atoms with Crippen molar-refractivity contribution in [2.75, 3.05) is 37.7 Å². The van der Waals surface area contributed by atoms with Gasteiger partial charge in [-0.05, 0) is 55.5 Å². The van der Waals surface area contributed by atoms with Gasteiger partial charge in [0.15, 0.2) is 5.69 Å². The zero-order chi connectivity index (χ0) is 31.3. The number of carbonyl (C=O) groups is 3. The lowest BCUT2D eigenvalue weighted by molar-refractivity contribution is -0.138. The van der Waals surface area contributed by atoms with E-state index >= 15 is 0 Å². The number of carbonyl (C=O) groups excluding carboxylic acids is 2. The van der Waals surface area contributed by atoms with Crippen molar-refractivity contribution in [1.29, 1.82) is 0 Å². The molecule has 5 rings (SSSR count). The second-order valence-corrected chi connectivity index (χ2v) is 11.0. The zero-order valence-electron chi connectivity index (χ0n) is 24.0. The molecule has 1 unspecified atom stereocenters. The van der Waals surface area contributed by atoms with E-state index in [1.807, 2.05) is 30.3 Å². The lowest BCUT2D eigenvalue weighted by Crippen LogP contribution is -2.55. The Kier molecular flexibility index (Phi) is 9.40. The Morgan fingerprint density at radius 2 is 1.68 bits per heavy atom. The van der Waals surface area contributed by atoms with Crippen LogP contribution in [-0.2, 0) is 15.8 Å². The molecule has 13 heteroatoms. The molecule has 1 saturated carbocycles. The summed E-state index contributed by atoms with van der Waals surface area (Å²) in [6.45, 7) is 1.42. The van der Waals surface area contributed by atoms with E-state index in [9.17, 15) is 32.7 Å². The van der Waals surface area contributed by atoms with Crippen LogP contribution in [0.25, 0.3) is 5.69 Å². The average molecular weight is 614 g/mol. The Labute approximate surface area is 252 Å². The standard InChI is InChI=1S/C31H34F3N5O5/c32-31(33,34)22-8-5-11-24(18-22)37-14-16-38(17-15-37)30(43)25(12-13-28(40)41)35-29(42)26-19-27(44-20-21-6-4-7-21)39(36-26)23-9-2-1-3-10-23/h1-3,5,8-11,18-19,21,25H,4,6-7,12-17,20H2,(H,35,42)(H,40,41). The number of amides is 2. The summed E-state index contributed by atoms with van der Waals surface area (Å²) in [6.07, 6.45) is -1.65. The highest BCUT2D eigenvalue weighted by Crippen LogP contribution is 2.32. The van der Waals surface area contributed by atoms with Gasteiger partial charge < -0.3 is 25.0 Å². The van der Waals surface area contributed by atoms with Gasteiger partial charge in [0.05, 0.1) is 17.9 Å².